The molecule has 0 radical (unpaired) electrons. The Morgan fingerprint density at radius 2 is 1.88 bits per heavy atom. The van der Waals surface area contributed by atoms with Crippen LogP contribution in [0.3, 0.4) is 0 Å². The molecule has 0 saturated heterocycles. The first-order valence-corrected chi connectivity index (χ1v) is 6.23. The first kappa shape index (κ1) is 12.0. The summed E-state index contributed by atoms with van der Waals surface area (Å²) in [6, 6.07) is 3.63. The highest BCUT2D eigenvalue weighted by molar-refractivity contribution is 6.35. The third kappa shape index (κ3) is 2.61. The minimum atomic E-state index is -0.548. The van der Waals surface area contributed by atoms with Gasteiger partial charge in [0.05, 0.1) is 10.0 Å². The molecule has 1 fully saturated rings. The van der Waals surface area contributed by atoms with Gasteiger partial charge >= 0.3 is 0 Å². The van der Waals surface area contributed by atoms with Crippen molar-refractivity contribution >= 4 is 28.9 Å². The van der Waals surface area contributed by atoms with Gasteiger partial charge in [-0.1, -0.05) is 30.1 Å². The van der Waals surface area contributed by atoms with Crippen molar-refractivity contribution < 1.29 is 4.39 Å². The van der Waals surface area contributed by atoms with Crippen molar-refractivity contribution in [2.75, 3.05) is 5.32 Å². The zero-order valence-electron chi connectivity index (χ0n) is 9.06. The normalized spacial score (nSPS) is 24.8. The van der Waals surface area contributed by atoms with E-state index in [0.29, 0.717) is 6.04 Å². The molecule has 0 aromatic heterocycles. The van der Waals surface area contributed by atoms with Crippen molar-refractivity contribution in [3.8, 4) is 0 Å². The summed E-state index contributed by atoms with van der Waals surface area (Å²) >= 11 is 11.5. The van der Waals surface area contributed by atoms with Crippen LogP contribution in [-0.4, -0.2) is 6.04 Å². The Kier molecular flexibility index (Phi) is 3.60. The van der Waals surface area contributed by atoms with E-state index in [4.69, 9.17) is 23.2 Å². The molecule has 0 bridgehead atoms. The first-order valence-electron chi connectivity index (χ1n) is 5.47. The maximum Gasteiger partial charge on any atom is 0.160 e. The van der Waals surface area contributed by atoms with Crippen LogP contribution in [0.1, 0.15) is 26.2 Å². The molecule has 1 aliphatic carbocycles. The van der Waals surface area contributed by atoms with E-state index >= 15 is 0 Å². The molecule has 1 aromatic carbocycles. The molecular weight excluding hydrogens is 248 g/mol. The lowest BCUT2D eigenvalue weighted by Gasteiger charge is -2.14. The summed E-state index contributed by atoms with van der Waals surface area (Å²) in [6.45, 7) is 2.24. The van der Waals surface area contributed by atoms with Crippen LogP contribution in [0.4, 0.5) is 10.1 Å². The van der Waals surface area contributed by atoms with E-state index in [1.54, 1.807) is 12.1 Å². The molecule has 1 nitrogen and oxygen atoms in total. The molecule has 2 unspecified atom stereocenters. The first-order chi connectivity index (χ1) is 7.56. The third-order valence-electron chi connectivity index (χ3n) is 3.05. The van der Waals surface area contributed by atoms with Crippen molar-refractivity contribution in [2.24, 2.45) is 5.92 Å². The summed E-state index contributed by atoms with van der Waals surface area (Å²) in [5, 5.41) is 3.49. The van der Waals surface area contributed by atoms with Gasteiger partial charge in [0.25, 0.3) is 0 Å². The topological polar surface area (TPSA) is 12.0 Å². The Labute approximate surface area is 105 Å². The highest BCUT2D eigenvalue weighted by atomic mass is 35.5. The molecule has 0 aliphatic heterocycles. The van der Waals surface area contributed by atoms with Crippen LogP contribution in [0.5, 0.6) is 0 Å². The molecule has 1 N–H and O–H groups in total. The van der Waals surface area contributed by atoms with Crippen LogP contribution >= 0.6 is 23.2 Å². The minimum Gasteiger partial charge on any atom is -0.382 e. The predicted molar refractivity (Wildman–Crippen MR) is 66.8 cm³/mol. The fourth-order valence-electron chi connectivity index (χ4n) is 2.21. The Morgan fingerprint density at radius 3 is 2.38 bits per heavy atom. The van der Waals surface area contributed by atoms with E-state index in [2.05, 4.69) is 12.2 Å². The molecule has 16 heavy (non-hydrogen) atoms. The van der Waals surface area contributed by atoms with E-state index < -0.39 is 5.82 Å². The number of nitrogens with one attached hydrogen (secondary N) is 1. The second-order valence-electron chi connectivity index (χ2n) is 4.51. The second kappa shape index (κ2) is 4.80. The van der Waals surface area contributed by atoms with Gasteiger partial charge in [-0.2, -0.15) is 0 Å². The molecule has 0 spiro atoms. The van der Waals surface area contributed by atoms with Crippen LogP contribution in [0, 0.1) is 11.7 Å². The summed E-state index contributed by atoms with van der Waals surface area (Å²) in [5.74, 6) is 0.206. The highest BCUT2D eigenvalue weighted by Gasteiger charge is 2.21. The number of hydrogen-bond donors (Lipinski definition) is 1. The van der Waals surface area contributed by atoms with Crippen LogP contribution in [-0.2, 0) is 0 Å². The van der Waals surface area contributed by atoms with E-state index in [1.165, 1.54) is 6.42 Å². The third-order valence-corrected chi connectivity index (χ3v) is 3.60. The van der Waals surface area contributed by atoms with Crippen LogP contribution < -0.4 is 5.32 Å². The molecule has 1 aromatic rings. The molecule has 1 aliphatic rings. The van der Waals surface area contributed by atoms with Crippen molar-refractivity contribution in [2.45, 2.75) is 32.2 Å². The zero-order chi connectivity index (χ0) is 11.7. The number of halogens is 3. The van der Waals surface area contributed by atoms with Crippen LogP contribution in [0.15, 0.2) is 12.1 Å². The lowest BCUT2D eigenvalue weighted by molar-refractivity contribution is 0.602. The maximum absolute atomic E-state index is 13.2. The zero-order valence-corrected chi connectivity index (χ0v) is 10.6. The Balaban J connectivity index is 2.10. The van der Waals surface area contributed by atoms with Crippen LogP contribution in [0.2, 0.25) is 10.0 Å². The average molecular weight is 262 g/mol. The fourth-order valence-corrected chi connectivity index (χ4v) is 2.70. The Hall–Kier alpha value is -0.470. The van der Waals surface area contributed by atoms with Crippen LogP contribution in [0.25, 0.3) is 0 Å². The maximum atomic E-state index is 13.2. The summed E-state index contributed by atoms with van der Waals surface area (Å²) < 4.78 is 13.2. The number of hydrogen-bond acceptors (Lipinski definition) is 1. The summed E-state index contributed by atoms with van der Waals surface area (Å²) in [6.07, 6.45) is 3.53. The molecule has 0 amide bonds. The highest BCUT2D eigenvalue weighted by Crippen LogP contribution is 2.31. The van der Waals surface area contributed by atoms with Gasteiger partial charge in [-0.3, -0.25) is 0 Å². The summed E-state index contributed by atoms with van der Waals surface area (Å²) in [7, 11) is 0. The molecule has 2 rings (SSSR count). The number of benzene rings is 1. The molecule has 0 heterocycles. The summed E-state index contributed by atoms with van der Waals surface area (Å²) in [4.78, 5) is 0. The van der Waals surface area contributed by atoms with Crippen molar-refractivity contribution in [3.63, 3.8) is 0 Å². The van der Waals surface area contributed by atoms with Gasteiger partial charge in [0.1, 0.15) is 0 Å². The smallest absolute Gasteiger partial charge is 0.160 e. The van der Waals surface area contributed by atoms with Crippen molar-refractivity contribution in [1.82, 2.24) is 0 Å². The van der Waals surface area contributed by atoms with Gasteiger partial charge in [-0.25, -0.2) is 4.39 Å². The molecule has 4 heteroatoms. The lowest BCUT2D eigenvalue weighted by Crippen LogP contribution is -2.15. The summed E-state index contributed by atoms with van der Waals surface area (Å²) in [5.41, 5.74) is 0.801. The van der Waals surface area contributed by atoms with E-state index in [0.717, 1.165) is 24.4 Å². The van der Waals surface area contributed by atoms with Crippen molar-refractivity contribution in [3.05, 3.63) is 28.0 Å². The Morgan fingerprint density at radius 1 is 1.25 bits per heavy atom. The molecule has 2 atom stereocenters. The minimum absolute atomic E-state index is 0.0704. The Bertz CT molecular complexity index is 372. The lowest BCUT2D eigenvalue weighted by atomic mass is 10.1. The van der Waals surface area contributed by atoms with Gasteiger partial charge in [-0.15, -0.1) is 0 Å². The van der Waals surface area contributed by atoms with E-state index in [9.17, 15) is 4.39 Å². The SMILES string of the molecule is CC1CCC(Nc2cc(Cl)c(F)c(Cl)c2)C1. The number of anilines is 1. The molecular formula is C12H14Cl2FN. The van der Waals surface area contributed by atoms with Gasteiger partial charge < -0.3 is 5.32 Å². The quantitative estimate of drug-likeness (QED) is 0.759. The van der Waals surface area contributed by atoms with Gasteiger partial charge in [-0.05, 0) is 37.3 Å². The van der Waals surface area contributed by atoms with Gasteiger partial charge in [0, 0.05) is 11.7 Å². The largest absolute Gasteiger partial charge is 0.382 e. The number of rotatable bonds is 2. The van der Waals surface area contributed by atoms with E-state index in [1.807, 2.05) is 0 Å². The van der Waals surface area contributed by atoms with Gasteiger partial charge in [0.2, 0.25) is 0 Å². The molecule has 1 saturated carbocycles. The van der Waals surface area contributed by atoms with Crippen molar-refractivity contribution in [1.29, 1.82) is 0 Å². The average Bonchev–Trinajstić information content (AvgIpc) is 2.60. The van der Waals surface area contributed by atoms with E-state index in [-0.39, 0.29) is 10.0 Å². The second-order valence-corrected chi connectivity index (χ2v) is 5.33. The standard InChI is InChI=1S/C12H14Cl2FN/c1-7-2-3-8(4-7)16-9-5-10(13)12(15)11(14)6-9/h5-8,16H,2-4H2,1H3. The van der Waals surface area contributed by atoms with Gasteiger partial charge in [0.15, 0.2) is 5.82 Å². The fraction of sp³-hybridized carbons (Fsp3) is 0.500. The predicted octanol–water partition coefficient (Wildman–Crippen LogP) is 4.73. The monoisotopic (exact) mass is 261 g/mol. The molecule has 88 valence electrons.